The lowest BCUT2D eigenvalue weighted by Gasteiger charge is -2.08. The lowest BCUT2D eigenvalue weighted by molar-refractivity contribution is 0.0697. The molecule has 2 aromatic carbocycles. The fraction of sp³-hybridized carbons (Fsp3) is 0.125. The number of fused-ring (bicyclic) bond motifs is 1. The Labute approximate surface area is 120 Å². The van der Waals surface area contributed by atoms with Crippen molar-refractivity contribution in [1.82, 2.24) is 9.55 Å². The number of carboxylic acid groups (broad SMARTS) is 1. The molecule has 106 valence electrons. The SMILES string of the molecule is Cc1ccc(-n2c(C)nc3ccc(C(=O)O)cc32)cc1F. The van der Waals surface area contributed by atoms with Crippen molar-refractivity contribution < 1.29 is 14.3 Å². The summed E-state index contributed by atoms with van der Waals surface area (Å²) in [7, 11) is 0. The number of aromatic nitrogens is 2. The molecule has 0 saturated heterocycles. The van der Waals surface area contributed by atoms with E-state index >= 15 is 0 Å². The lowest BCUT2D eigenvalue weighted by Crippen LogP contribution is -2.00. The molecule has 4 nitrogen and oxygen atoms in total. The van der Waals surface area contributed by atoms with Gasteiger partial charge in [-0.15, -0.1) is 0 Å². The molecule has 21 heavy (non-hydrogen) atoms. The van der Waals surface area contributed by atoms with E-state index in [1.807, 2.05) is 0 Å². The highest BCUT2D eigenvalue weighted by Crippen LogP contribution is 2.23. The molecule has 0 fully saturated rings. The zero-order valence-corrected chi connectivity index (χ0v) is 11.6. The molecular weight excluding hydrogens is 271 g/mol. The summed E-state index contributed by atoms with van der Waals surface area (Å²) < 4.78 is 15.5. The summed E-state index contributed by atoms with van der Waals surface area (Å²) in [6.07, 6.45) is 0. The molecule has 0 amide bonds. The molecule has 1 N–H and O–H groups in total. The van der Waals surface area contributed by atoms with Gasteiger partial charge in [0.2, 0.25) is 0 Å². The highest BCUT2D eigenvalue weighted by molar-refractivity contribution is 5.93. The number of aryl methyl sites for hydroxylation is 2. The number of benzene rings is 2. The van der Waals surface area contributed by atoms with Crippen molar-refractivity contribution in [1.29, 1.82) is 0 Å². The van der Waals surface area contributed by atoms with Crippen molar-refractivity contribution in [2.45, 2.75) is 13.8 Å². The molecule has 1 heterocycles. The number of hydrogen-bond acceptors (Lipinski definition) is 2. The van der Waals surface area contributed by atoms with Crippen molar-refractivity contribution in [2.24, 2.45) is 0 Å². The molecule has 0 unspecified atom stereocenters. The average molecular weight is 284 g/mol. The summed E-state index contributed by atoms with van der Waals surface area (Å²) in [4.78, 5) is 15.5. The van der Waals surface area contributed by atoms with Crippen molar-refractivity contribution in [3.05, 3.63) is 59.2 Å². The Hall–Kier alpha value is -2.69. The Morgan fingerprint density at radius 3 is 2.62 bits per heavy atom. The van der Waals surface area contributed by atoms with Crippen molar-refractivity contribution in [3.63, 3.8) is 0 Å². The number of nitrogens with zero attached hydrogens (tertiary/aromatic N) is 2. The number of aromatic carboxylic acids is 1. The molecule has 0 spiro atoms. The highest BCUT2D eigenvalue weighted by Gasteiger charge is 2.13. The molecule has 0 aliphatic rings. The van der Waals surface area contributed by atoms with E-state index in [0.29, 0.717) is 28.1 Å². The molecule has 0 radical (unpaired) electrons. The first kappa shape index (κ1) is 13.3. The van der Waals surface area contributed by atoms with Crippen LogP contribution in [0.4, 0.5) is 4.39 Å². The third-order valence-corrected chi connectivity index (χ3v) is 3.48. The second-order valence-corrected chi connectivity index (χ2v) is 4.94. The van der Waals surface area contributed by atoms with Crippen LogP contribution in [0.2, 0.25) is 0 Å². The molecule has 0 aliphatic carbocycles. The number of carboxylic acids is 1. The maximum absolute atomic E-state index is 13.8. The van der Waals surface area contributed by atoms with E-state index in [4.69, 9.17) is 5.11 Å². The fourth-order valence-corrected chi connectivity index (χ4v) is 2.38. The third kappa shape index (κ3) is 2.16. The summed E-state index contributed by atoms with van der Waals surface area (Å²) >= 11 is 0. The first-order valence-corrected chi connectivity index (χ1v) is 6.46. The van der Waals surface area contributed by atoms with Crippen molar-refractivity contribution in [3.8, 4) is 5.69 Å². The Kier molecular flexibility index (Phi) is 2.97. The minimum absolute atomic E-state index is 0.177. The summed E-state index contributed by atoms with van der Waals surface area (Å²) in [5, 5.41) is 9.10. The Balaban J connectivity index is 2.29. The van der Waals surface area contributed by atoms with Crippen LogP contribution in [0.1, 0.15) is 21.7 Å². The zero-order valence-electron chi connectivity index (χ0n) is 11.6. The van der Waals surface area contributed by atoms with Gasteiger partial charge in [0.1, 0.15) is 11.6 Å². The molecular formula is C16H13FN2O2. The topological polar surface area (TPSA) is 55.1 Å². The van der Waals surface area contributed by atoms with Crippen LogP contribution in [-0.4, -0.2) is 20.6 Å². The van der Waals surface area contributed by atoms with Gasteiger partial charge in [-0.3, -0.25) is 4.57 Å². The van der Waals surface area contributed by atoms with E-state index < -0.39 is 5.97 Å². The van der Waals surface area contributed by atoms with Gasteiger partial charge in [0.05, 0.1) is 22.3 Å². The van der Waals surface area contributed by atoms with Gasteiger partial charge in [-0.05, 0) is 49.7 Å². The van der Waals surface area contributed by atoms with Gasteiger partial charge in [-0.2, -0.15) is 0 Å². The molecule has 0 saturated carbocycles. The number of halogens is 1. The lowest BCUT2D eigenvalue weighted by atomic mass is 10.2. The van der Waals surface area contributed by atoms with Crippen molar-refractivity contribution in [2.75, 3.05) is 0 Å². The van der Waals surface area contributed by atoms with Crippen LogP contribution < -0.4 is 0 Å². The Bertz CT molecular complexity index is 868. The molecule has 1 aromatic heterocycles. The van der Waals surface area contributed by atoms with E-state index in [0.717, 1.165) is 0 Å². The predicted molar refractivity (Wildman–Crippen MR) is 77.5 cm³/mol. The molecule has 0 atom stereocenters. The minimum Gasteiger partial charge on any atom is -0.478 e. The number of carbonyl (C=O) groups is 1. The summed E-state index contributed by atoms with van der Waals surface area (Å²) in [5.74, 6) is -0.628. The van der Waals surface area contributed by atoms with Gasteiger partial charge in [0, 0.05) is 0 Å². The minimum atomic E-state index is -1.00. The van der Waals surface area contributed by atoms with Crippen LogP contribution in [0.5, 0.6) is 0 Å². The smallest absolute Gasteiger partial charge is 0.335 e. The number of hydrogen-bond donors (Lipinski definition) is 1. The predicted octanol–water partition coefficient (Wildman–Crippen LogP) is 3.48. The van der Waals surface area contributed by atoms with Crippen LogP contribution in [0.3, 0.4) is 0 Å². The van der Waals surface area contributed by atoms with Crippen molar-refractivity contribution >= 4 is 17.0 Å². The van der Waals surface area contributed by atoms with Gasteiger partial charge in [-0.1, -0.05) is 6.07 Å². The molecule has 3 aromatic rings. The second kappa shape index (κ2) is 4.70. The van der Waals surface area contributed by atoms with Crippen LogP contribution in [-0.2, 0) is 0 Å². The van der Waals surface area contributed by atoms with E-state index in [2.05, 4.69) is 4.98 Å². The Morgan fingerprint density at radius 1 is 1.19 bits per heavy atom. The van der Waals surface area contributed by atoms with Gasteiger partial charge >= 0.3 is 5.97 Å². The maximum Gasteiger partial charge on any atom is 0.335 e. The monoisotopic (exact) mass is 284 g/mol. The normalized spacial score (nSPS) is 11.0. The molecule has 0 bridgehead atoms. The van der Waals surface area contributed by atoms with Crippen LogP contribution in [0, 0.1) is 19.7 Å². The van der Waals surface area contributed by atoms with Gasteiger partial charge in [-0.25, -0.2) is 14.2 Å². The van der Waals surface area contributed by atoms with E-state index in [1.54, 1.807) is 42.7 Å². The zero-order chi connectivity index (χ0) is 15.1. The van der Waals surface area contributed by atoms with Gasteiger partial charge < -0.3 is 5.11 Å². The van der Waals surface area contributed by atoms with E-state index in [-0.39, 0.29) is 11.4 Å². The first-order chi connectivity index (χ1) is 9.97. The standard InChI is InChI=1S/C16H13FN2O2/c1-9-3-5-12(8-13(9)17)19-10(2)18-14-6-4-11(16(20)21)7-15(14)19/h3-8H,1-2H3,(H,20,21). The molecule has 5 heteroatoms. The van der Waals surface area contributed by atoms with Crippen LogP contribution in [0.15, 0.2) is 36.4 Å². The van der Waals surface area contributed by atoms with Crippen LogP contribution in [0.25, 0.3) is 16.7 Å². The second-order valence-electron chi connectivity index (χ2n) is 4.94. The van der Waals surface area contributed by atoms with Gasteiger partial charge in [0.15, 0.2) is 0 Å². The number of imidazole rings is 1. The quantitative estimate of drug-likeness (QED) is 0.783. The molecule has 3 rings (SSSR count). The van der Waals surface area contributed by atoms with Crippen LogP contribution >= 0.6 is 0 Å². The Morgan fingerprint density at radius 2 is 1.95 bits per heavy atom. The average Bonchev–Trinajstić information content (AvgIpc) is 2.77. The van der Waals surface area contributed by atoms with E-state index in [9.17, 15) is 9.18 Å². The summed E-state index contributed by atoms with van der Waals surface area (Å²) in [5.41, 5.74) is 2.69. The third-order valence-electron chi connectivity index (χ3n) is 3.48. The summed E-state index contributed by atoms with van der Waals surface area (Å²) in [6, 6.07) is 9.63. The van der Waals surface area contributed by atoms with E-state index in [1.165, 1.54) is 12.1 Å². The largest absolute Gasteiger partial charge is 0.478 e. The maximum atomic E-state index is 13.8. The number of rotatable bonds is 2. The fourth-order valence-electron chi connectivity index (χ4n) is 2.38. The first-order valence-electron chi connectivity index (χ1n) is 6.46. The molecule has 0 aliphatic heterocycles. The summed E-state index contributed by atoms with van der Waals surface area (Å²) in [6.45, 7) is 3.50. The highest BCUT2D eigenvalue weighted by atomic mass is 19.1. The van der Waals surface area contributed by atoms with Gasteiger partial charge in [0.25, 0.3) is 0 Å².